The molecule has 0 aromatic heterocycles. The third-order valence-corrected chi connectivity index (χ3v) is 3.47. The molecule has 0 saturated heterocycles. The first kappa shape index (κ1) is 10.6. The zero-order valence-electron chi connectivity index (χ0n) is 8.88. The summed E-state index contributed by atoms with van der Waals surface area (Å²) in [7, 11) is 0. The van der Waals surface area contributed by atoms with Gasteiger partial charge in [0, 0.05) is 6.61 Å². The molecule has 0 bridgehead atoms. The highest BCUT2D eigenvalue weighted by molar-refractivity contribution is 5.18. The maximum Gasteiger partial charge on any atom is 0.123 e. The number of rotatable bonds is 3. The van der Waals surface area contributed by atoms with Crippen LogP contribution < -0.4 is 0 Å². The number of aliphatic hydroxyl groups excluding tert-OH is 1. The summed E-state index contributed by atoms with van der Waals surface area (Å²) in [6.07, 6.45) is 5.33. The van der Waals surface area contributed by atoms with E-state index in [1.165, 1.54) is 18.9 Å². The van der Waals surface area contributed by atoms with E-state index in [1.54, 1.807) is 12.1 Å². The highest BCUT2D eigenvalue weighted by atomic mass is 19.1. The highest BCUT2D eigenvalue weighted by Crippen LogP contribution is 2.40. The van der Waals surface area contributed by atoms with E-state index in [-0.39, 0.29) is 17.8 Å². The molecule has 82 valence electrons. The Balaban J connectivity index is 2.12. The molecule has 1 aromatic rings. The molecule has 0 atom stereocenters. The van der Waals surface area contributed by atoms with E-state index in [0.29, 0.717) is 0 Å². The number of hydrogen-bond acceptors (Lipinski definition) is 1. The van der Waals surface area contributed by atoms with Crippen LogP contribution in [0.4, 0.5) is 4.39 Å². The largest absolute Gasteiger partial charge is 0.396 e. The fourth-order valence-corrected chi connectivity index (χ4v) is 2.60. The molecular formula is C13H17FO. The van der Waals surface area contributed by atoms with Crippen LogP contribution in [-0.2, 0) is 6.42 Å². The number of aliphatic hydroxyl groups is 1. The summed E-state index contributed by atoms with van der Waals surface area (Å²) in [5.41, 5.74) is 1.03. The summed E-state index contributed by atoms with van der Waals surface area (Å²) in [6, 6.07) is 6.73. The Morgan fingerprint density at radius 3 is 2.60 bits per heavy atom. The van der Waals surface area contributed by atoms with Crippen LogP contribution in [0.5, 0.6) is 0 Å². The topological polar surface area (TPSA) is 20.2 Å². The molecule has 1 N–H and O–H groups in total. The minimum atomic E-state index is -0.182. The van der Waals surface area contributed by atoms with Gasteiger partial charge in [0.2, 0.25) is 0 Å². The fourth-order valence-electron chi connectivity index (χ4n) is 2.60. The lowest BCUT2D eigenvalue weighted by Crippen LogP contribution is -2.24. The molecule has 0 radical (unpaired) electrons. The predicted molar refractivity (Wildman–Crippen MR) is 58.1 cm³/mol. The van der Waals surface area contributed by atoms with Gasteiger partial charge < -0.3 is 5.11 Å². The molecule has 0 aliphatic heterocycles. The quantitative estimate of drug-likeness (QED) is 0.809. The molecule has 2 heteroatoms. The van der Waals surface area contributed by atoms with Crippen LogP contribution in [0.3, 0.4) is 0 Å². The van der Waals surface area contributed by atoms with Crippen LogP contribution in [0.15, 0.2) is 24.3 Å². The zero-order chi connectivity index (χ0) is 10.7. The number of halogens is 1. The first-order chi connectivity index (χ1) is 7.24. The first-order valence-corrected chi connectivity index (χ1v) is 5.59. The van der Waals surface area contributed by atoms with Crippen molar-refractivity contribution in [1.29, 1.82) is 0 Å². The van der Waals surface area contributed by atoms with Crippen molar-refractivity contribution < 1.29 is 9.50 Å². The van der Waals surface area contributed by atoms with Crippen LogP contribution in [-0.4, -0.2) is 11.7 Å². The Morgan fingerprint density at radius 1 is 1.27 bits per heavy atom. The molecule has 0 amide bonds. The third-order valence-electron chi connectivity index (χ3n) is 3.47. The van der Waals surface area contributed by atoms with Crippen molar-refractivity contribution >= 4 is 0 Å². The minimum Gasteiger partial charge on any atom is -0.396 e. The van der Waals surface area contributed by atoms with E-state index < -0.39 is 0 Å². The Bertz CT molecular complexity index is 329. The third kappa shape index (κ3) is 2.37. The molecule has 1 aliphatic rings. The molecule has 1 aliphatic carbocycles. The fraction of sp³-hybridized carbons (Fsp3) is 0.538. The molecule has 1 saturated carbocycles. The Kier molecular flexibility index (Phi) is 3.06. The summed E-state index contributed by atoms with van der Waals surface area (Å²) in [5, 5.41) is 9.45. The van der Waals surface area contributed by atoms with E-state index in [1.807, 2.05) is 6.07 Å². The highest BCUT2D eigenvalue weighted by Gasteiger charge is 2.33. The normalized spacial score (nSPS) is 19.3. The van der Waals surface area contributed by atoms with Gasteiger partial charge in [-0.1, -0.05) is 25.0 Å². The van der Waals surface area contributed by atoms with Crippen LogP contribution >= 0.6 is 0 Å². The maximum absolute atomic E-state index is 13.0. The van der Waals surface area contributed by atoms with Crippen molar-refractivity contribution in [2.75, 3.05) is 6.61 Å². The second-order valence-corrected chi connectivity index (χ2v) is 4.67. The van der Waals surface area contributed by atoms with Crippen molar-refractivity contribution in [3.05, 3.63) is 35.6 Å². The monoisotopic (exact) mass is 208 g/mol. The molecule has 1 nitrogen and oxygen atoms in total. The Hall–Kier alpha value is -0.890. The molecule has 1 fully saturated rings. The van der Waals surface area contributed by atoms with E-state index >= 15 is 0 Å². The summed E-state index contributed by atoms with van der Waals surface area (Å²) in [6.45, 7) is 0.226. The van der Waals surface area contributed by atoms with Gasteiger partial charge in [-0.15, -0.1) is 0 Å². The molecule has 2 rings (SSSR count). The van der Waals surface area contributed by atoms with E-state index in [9.17, 15) is 9.50 Å². The van der Waals surface area contributed by atoms with Crippen molar-refractivity contribution in [2.45, 2.75) is 32.1 Å². The summed E-state index contributed by atoms with van der Waals surface area (Å²) >= 11 is 0. The van der Waals surface area contributed by atoms with Crippen LogP contribution in [0.25, 0.3) is 0 Å². The van der Waals surface area contributed by atoms with Gasteiger partial charge in [0.15, 0.2) is 0 Å². The van der Waals surface area contributed by atoms with E-state index in [4.69, 9.17) is 0 Å². The lowest BCUT2D eigenvalue weighted by molar-refractivity contribution is 0.130. The van der Waals surface area contributed by atoms with Gasteiger partial charge >= 0.3 is 0 Å². The van der Waals surface area contributed by atoms with Gasteiger partial charge in [-0.2, -0.15) is 0 Å². The number of benzene rings is 1. The molecular weight excluding hydrogens is 191 g/mol. The summed E-state index contributed by atoms with van der Waals surface area (Å²) < 4.78 is 13.0. The van der Waals surface area contributed by atoms with Crippen LogP contribution in [0.2, 0.25) is 0 Å². The van der Waals surface area contributed by atoms with Gasteiger partial charge in [-0.25, -0.2) is 4.39 Å². The summed E-state index contributed by atoms with van der Waals surface area (Å²) in [5.74, 6) is -0.182. The minimum absolute atomic E-state index is 0.0216. The van der Waals surface area contributed by atoms with Gasteiger partial charge in [-0.3, -0.25) is 0 Å². The predicted octanol–water partition coefficient (Wildman–Crippen LogP) is 2.92. The van der Waals surface area contributed by atoms with Crippen molar-refractivity contribution in [1.82, 2.24) is 0 Å². The molecule has 0 heterocycles. The molecule has 0 unspecified atom stereocenters. The van der Waals surface area contributed by atoms with Crippen molar-refractivity contribution in [3.8, 4) is 0 Å². The lowest BCUT2D eigenvalue weighted by Gasteiger charge is -2.26. The molecule has 1 aromatic carbocycles. The average molecular weight is 208 g/mol. The van der Waals surface area contributed by atoms with Crippen LogP contribution in [0, 0.1) is 11.2 Å². The average Bonchev–Trinajstić information content (AvgIpc) is 2.67. The maximum atomic E-state index is 13.0. The standard InChI is InChI=1S/C13H17FO/c14-12-5-3-4-11(8-12)9-13(10-15)6-1-2-7-13/h3-5,8,15H,1-2,6-7,9-10H2. The zero-order valence-corrected chi connectivity index (χ0v) is 8.88. The van der Waals surface area contributed by atoms with Crippen molar-refractivity contribution in [2.24, 2.45) is 5.41 Å². The number of hydrogen-bond donors (Lipinski definition) is 1. The van der Waals surface area contributed by atoms with Gasteiger partial charge in [-0.05, 0) is 42.4 Å². The second kappa shape index (κ2) is 4.31. The lowest BCUT2D eigenvalue weighted by atomic mass is 9.81. The second-order valence-electron chi connectivity index (χ2n) is 4.67. The molecule has 0 spiro atoms. The first-order valence-electron chi connectivity index (χ1n) is 5.59. The van der Waals surface area contributed by atoms with Crippen LogP contribution in [0.1, 0.15) is 31.2 Å². The smallest absolute Gasteiger partial charge is 0.123 e. The van der Waals surface area contributed by atoms with Crippen molar-refractivity contribution in [3.63, 3.8) is 0 Å². The molecule has 15 heavy (non-hydrogen) atoms. The summed E-state index contributed by atoms with van der Waals surface area (Å²) in [4.78, 5) is 0. The van der Waals surface area contributed by atoms with E-state index in [2.05, 4.69) is 0 Å². The van der Waals surface area contributed by atoms with Gasteiger partial charge in [0.25, 0.3) is 0 Å². The van der Waals surface area contributed by atoms with E-state index in [0.717, 1.165) is 24.8 Å². The van der Waals surface area contributed by atoms with Gasteiger partial charge in [0.1, 0.15) is 5.82 Å². The Morgan fingerprint density at radius 2 is 2.00 bits per heavy atom. The SMILES string of the molecule is OCC1(Cc2cccc(F)c2)CCCC1. The Labute approximate surface area is 89.9 Å². The van der Waals surface area contributed by atoms with Gasteiger partial charge in [0.05, 0.1) is 0 Å².